The third-order valence-corrected chi connectivity index (χ3v) is 7.49. The summed E-state index contributed by atoms with van der Waals surface area (Å²) in [5.41, 5.74) is 0.498. The van der Waals surface area contributed by atoms with Gasteiger partial charge in [-0.3, -0.25) is 14.6 Å². The van der Waals surface area contributed by atoms with Crippen molar-refractivity contribution in [3.63, 3.8) is 0 Å². The first-order valence-corrected chi connectivity index (χ1v) is 10.7. The van der Waals surface area contributed by atoms with E-state index < -0.39 is 0 Å². The molecule has 5 fully saturated rings. The quantitative estimate of drug-likeness (QED) is 0.808. The molecule has 2 heterocycles. The van der Waals surface area contributed by atoms with Crippen molar-refractivity contribution in [1.29, 1.82) is 0 Å². The van der Waals surface area contributed by atoms with Gasteiger partial charge in [0.05, 0.1) is 0 Å². The molecule has 4 bridgehead atoms. The summed E-state index contributed by atoms with van der Waals surface area (Å²) in [6, 6.07) is 5.44. The van der Waals surface area contributed by atoms with Crippen LogP contribution in [0.25, 0.3) is 0 Å². The molecule has 1 aromatic heterocycles. The first-order valence-electron chi connectivity index (χ1n) is 10.7. The predicted molar refractivity (Wildman–Crippen MR) is 102 cm³/mol. The Hall–Kier alpha value is -1.91. The largest absolute Gasteiger partial charge is 0.341 e. The molecule has 2 amide bonds. The van der Waals surface area contributed by atoms with Gasteiger partial charge in [0.2, 0.25) is 5.91 Å². The molecule has 27 heavy (non-hydrogen) atoms. The molecule has 5 aliphatic rings. The summed E-state index contributed by atoms with van der Waals surface area (Å²) in [7, 11) is 0. The summed E-state index contributed by atoms with van der Waals surface area (Å²) in [5.74, 6) is 3.68. The fourth-order valence-electron chi connectivity index (χ4n) is 6.53. The van der Waals surface area contributed by atoms with Crippen LogP contribution in [0.3, 0.4) is 0 Å². The summed E-state index contributed by atoms with van der Waals surface area (Å²) >= 11 is 0. The van der Waals surface area contributed by atoms with Crippen molar-refractivity contribution in [2.75, 3.05) is 26.2 Å². The molecule has 5 nitrogen and oxygen atoms in total. The van der Waals surface area contributed by atoms with E-state index in [1.807, 2.05) is 17.0 Å². The molecule has 0 atom stereocenters. The zero-order chi connectivity index (χ0) is 18.4. The molecule has 4 saturated carbocycles. The molecule has 0 spiro atoms. The van der Waals surface area contributed by atoms with Gasteiger partial charge in [0.15, 0.2) is 0 Å². The van der Waals surface area contributed by atoms with Crippen molar-refractivity contribution in [3.8, 4) is 0 Å². The molecule has 6 rings (SSSR count). The fourth-order valence-corrected chi connectivity index (χ4v) is 6.53. The number of carbonyl (C=O) groups is 2. The second kappa shape index (κ2) is 6.92. The zero-order valence-electron chi connectivity index (χ0n) is 15.9. The van der Waals surface area contributed by atoms with E-state index in [1.165, 1.54) is 32.1 Å². The van der Waals surface area contributed by atoms with E-state index in [0.717, 1.165) is 24.8 Å². The van der Waals surface area contributed by atoms with Gasteiger partial charge < -0.3 is 9.80 Å². The Bertz CT molecular complexity index is 692. The van der Waals surface area contributed by atoms with Crippen LogP contribution >= 0.6 is 0 Å². The molecule has 144 valence electrons. The van der Waals surface area contributed by atoms with Gasteiger partial charge in [-0.1, -0.05) is 6.07 Å². The number of nitrogens with zero attached hydrogens (tertiary/aromatic N) is 3. The molecule has 0 N–H and O–H groups in total. The SMILES string of the molecule is O=C(c1ccccn1)N1CCCN(C(=O)C2C3CC4CC(C3)CC2C4)CC1. The maximum atomic E-state index is 13.4. The van der Waals surface area contributed by atoms with Crippen molar-refractivity contribution in [3.05, 3.63) is 30.1 Å². The maximum Gasteiger partial charge on any atom is 0.272 e. The van der Waals surface area contributed by atoms with Gasteiger partial charge in [-0.05, 0) is 74.3 Å². The number of aromatic nitrogens is 1. The molecule has 1 aliphatic heterocycles. The first-order chi connectivity index (χ1) is 13.2. The lowest BCUT2D eigenvalue weighted by Gasteiger charge is -2.54. The van der Waals surface area contributed by atoms with Gasteiger partial charge in [-0.25, -0.2) is 0 Å². The highest BCUT2D eigenvalue weighted by Gasteiger charge is 2.51. The third kappa shape index (κ3) is 3.15. The fraction of sp³-hybridized carbons (Fsp3) is 0.682. The highest BCUT2D eigenvalue weighted by Crippen LogP contribution is 2.56. The van der Waals surface area contributed by atoms with Crippen molar-refractivity contribution < 1.29 is 9.59 Å². The van der Waals surface area contributed by atoms with E-state index in [4.69, 9.17) is 0 Å². The molecule has 1 saturated heterocycles. The van der Waals surface area contributed by atoms with Crippen LogP contribution in [0.15, 0.2) is 24.4 Å². The number of carbonyl (C=O) groups excluding carboxylic acids is 2. The van der Waals surface area contributed by atoms with Gasteiger partial charge in [-0.15, -0.1) is 0 Å². The van der Waals surface area contributed by atoms with Crippen LogP contribution in [0.4, 0.5) is 0 Å². The molecule has 5 heteroatoms. The average Bonchev–Trinajstić information content (AvgIpc) is 2.93. The Morgan fingerprint density at radius 2 is 1.52 bits per heavy atom. The lowest BCUT2D eigenvalue weighted by atomic mass is 9.51. The standard InChI is InChI=1S/C22H29N3O2/c26-21(19-4-1-2-5-23-19)24-6-3-7-25(9-8-24)22(27)20-17-11-15-10-16(13-17)14-18(20)12-15/h1-2,4-5,15-18,20H,3,6-14H2. The van der Waals surface area contributed by atoms with E-state index in [9.17, 15) is 9.59 Å². The highest BCUT2D eigenvalue weighted by molar-refractivity contribution is 5.92. The van der Waals surface area contributed by atoms with Crippen molar-refractivity contribution in [2.45, 2.75) is 38.5 Å². The van der Waals surface area contributed by atoms with Crippen molar-refractivity contribution in [1.82, 2.24) is 14.8 Å². The summed E-state index contributed by atoms with van der Waals surface area (Å²) in [5, 5.41) is 0. The Labute approximate surface area is 161 Å². The van der Waals surface area contributed by atoms with Gasteiger partial charge in [0, 0.05) is 38.3 Å². The summed E-state index contributed by atoms with van der Waals surface area (Å²) in [6.45, 7) is 2.78. The number of hydrogen-bond donors (Lipinski definition) is 0. The molecule has 0 aromatic carbocycles. The monoisotopic (exact) mass is 367 g/mol. The summed E-state index contributed by atoms with van der Waals surface area (Å²) in [4.78, 5) is 34.2. The topological polar surface area (TPSA) is 53.5 Å². The van der Waals surface area contributed by atoms with Gasteiger partial charge in [0.1, 0.15) is 5.69 Å². The van der Waals surface area contributed by atoms with Crippen LogP contribution in [0.1, 0.15) is 49.0 Å². The van der Waals surface area contributed by atoms with Crippen LogP contribution in [-0.4, -0.2) is 52.8 Å². The van der Waals surface area contributed by atoms with Crippen LogP contribution < -0.4 is 0 Å². The Morgan fingerprint density at radius 3 is 2.19 bits per heavy atom. The van der Waals surface area contributed by atoms with Gasteiger partial charge >= 0.3 is 0 Å². The smallest absolute Gasteiger partial charge is 0.272 e. The number of hydrogen-bond acceptors (Lipinski definition) is 3. The number of pyridine rings is 1. The van der Waals surface area contributed by atoms with E-state index >= 15 is 0 Å². The maximum absolute atomic E-state index is 13.4. The Morgan fingerprint density at radius 1 is 0.852 bits per heavy atom. The minimum atomic E-state index is -0.0143. The molecular formula is C22H29N3O2. The number of amides is 2. The molecule has 1 aromatic rings. The van der Waals surface area contributed by atoms with Gasteiger partial charge in [0.25, 0.3) is 5.91 Å². The van der Waals surface area contributed by atoms with Crippen molar-refractivity contribution in [2.24, 2.45) is 29.6 Å². The Kier molecular flexibility index (Phi) is 4.41. The zero-order valence-corrected chi connectivity index (χ0v) is 15.9. The van der Waals surface area contributed by atoms with Crippen molar-refractivity contribution >= 4 is 11.8 Å². The van der Waals surface area contributed by atoms with Crippen LogP contribution in [-0.2, 0) is 4.79 Å². The highest BCUT2D eigenvalue weighted by atomic mass is 16.2. The van der Waals surface area contributed by atoms with E-state index in [-0.39, 0.29) is 11.8 Å². The lowest BCUT2D eigenvalue weighted by Crippen LogP contribution is -2.52. The van der Waals surface area contributed by atoms with Crippen LogP contribution in [0.5, 0.6) is 0 Å². The van der Waals surface area contributed by atoms with E-state index in [1.54, 1.807) is 12.3 Å². The number of rotatable bonds is 2. The molecule has 0 unspecified atom stereocenters. The molecule has 4 aliphatic carbocycles. The third-order valence-electron chi connectivity index (χ3n) is 7.49. The van der Waals surface area contributed by atoms with Gasteiger partial charge in [-0.2, -0.15) is 0 Å². The predicted octanol–water partition coefficient (Wildman–Crippen LogP) is 2.83. The molecular weight excluding hydrogens is 338 g/mol. The second-order valence-electron chi connectivity index (χ2n) is 9.14. The van der Waals surface area contributed by atoms with E-state index in [2.05, 4.69) is 9.88 Å². The second-order valence-corrected chi connectivity index (χ2v) is 9.14. The first kappa shape index (κ1) is 17.2. The average molecular weight is 367 g/mol. The summed E-state index contributed by atoms with van der Waals surface area (Å²) < 4.78 is 0. The van der Waals surface area contributed by atoms with E-state index in [0.29, 0.717) is 43.1 Å². The lowest BCUT2D eigenvalue weighted by molar-refractivity contribution is -0.148. The Balaban J connectivity index is 1.25. The minimum Gasteiger partial charge on any atom is -0.341 e. The minimum absolute atomic E-state index is 0.0143. The molecule has 0 radical (unpaired) electrons. The summed E-state index contributed by atoms with van der Waals surface area (Å²) in [6.07, 6.45) is 9.05. The van der Waals surface area contributed by atoms with Crippen LogP contribution in [0.2, 0.25) is 0 Å². The van der Waals surface area contributed by atoms with Crippen LogP contribution in [0, 0.1) is 29.6 Å². The normalized spacial score (nSPS) is 35.2.